The van der Waals surface area contributed by atoms with Crippen molar-refractivity contribution in [2.45, 2.75) is 13.5 Å². The molecule has 2 N–H and O–H groups in total. The zero-order chi connectivity index (χ0) is 10.8. The average molecular weight is 206 g/mol. The minimum atomic E-state index is -0.319. The zero-order valence-corrected chi connectivity index (χ0v) is 8.33. The van der Waals surface area contributed by atoms with Gasteiger partial charge in [-0.15, -0.1) is 0 Å². The summed E-state index contributed by atoms with van der Waals surface area (Å²) in [7, 11) is 0. The predicted molar refractivity (Wildman–Crippen MR) is 54.5 cm³/mol. The number of aryl methyl sites for hydroxylation is 1. The Kier molecular flexibility index (Phi) is 2.51. The summed E-state index contributed by atoms with van der Waals surface area (Å²) in [6.45, 7) is 2.05. The van der Waals surface area contributed by atoms with Gasteiger partial charge in [0.25, 0.3) is 0 Å². The molecule has 0 aliphatic heterocycles. The van der Waals surface area contributed by atoms with E-state index in [-0.39, 0.29) is 5.82 Å². The van der Waals surface area contributed by atoms with E-state index >= 15 is 0 Å². The first-order valence-corrected chi connectivity index (χ1v) is 4.64. The molecule has 0 radical (unpaired) electrons. The van der Waals surface area contributed by atoms with Crippen LogP contribution >= 0.6 is 0 Å². The fourth-order valence-electron chi connectivity index (χ4n) is 1.50. The Morgan fingerprint density at radius 2 is 2.13 bits per heavy atom. The molecule has 0 aliphatic rings. The van der Waals surface area contributed by atoms with Gasteiger partial charge in [-0.05, 0) is 19.1 Å². The molecule has 2 aromatic rings. The molecule has 0 bridgehead atoms. The topological polar surface area (TPSA) is 52.0 Å². The van der Waals surface area contributed by atoms with Gasteiger partial charge in [0.1, 0.15) is 17.3 Å². The molecule has 4 heteroatoms. The van der Waals surface area contributed by atoms with Gasteiger partial charge < -0.3 is 10.3 Å². The fraction of sp³-hybridized carbons (Fsp3) is 0.182. The largest absolute Gasteiger partial charge is 0.361 e. The van der Waals surface area contributed by atoms with Gasteiger partial charge in [0.15, 0.2) is 0 Å². The Morgan fingerprint density at radius 3 is 2.80 bits per heavy atom. The molecule has 0 saturated heterocycles. The fourth-order valence-corrected chi connectivity index (χ4v) is 1.50. The van der Waals surface area contributed by atoms with E-state index in [2.05, 4.69) is 5.16 Å². The number of hydrogen-bond acceptors (Lipinski definition) is 3. The van der Waals surface area contributed by atoms with Crippen LogP contribution in [0.3, 0.4) is 0 Å². The van der Waals surface area contributed by atoms with Crippen LogP contribution in [0.5, 0.6) is 0 Å². The van der Waals surface area contributed by atoms with Gasteiger partial charge in [0.2, 0.25) is 0 Å². The van der Waals surface area contributed by atoms with Crippen LogP contribution in [0, 0.1) is 12.7 Å². The molecule has 0 unspecified atom stereocenters. The van der Waals surface area contributed by atoms with Crippen LogP contribution in [0.4, 0.5) is 4.39 Å². The van der Waals surface area contributed by atoms with Crippen LogP contribution < -0.4 is 5.73 Å². The smallest absolute Gasteiger partial charge is 0.138 e. The molecule has 0 amide bonds. The lowest BCUT2D eigenvalue weighted by atomic mass is 10.1. The highest BCUT2D eigenvalue weighted by Crippen LogP contribution is 2.26. The molecule has 1 heterocycles. The Morgan fingerprint density at radius 1 is 1.40 bits per heavy atom. The SMILES string of the molecule is Cc1onc(-c2ccccc2F)c1CN. The van der Waals surface area contributed by atoms with Crippen molar-refractivity contribution in [1.29, 1.82) is 0 Å². The number of nitrogens with two attached hydrogens (primary N) is 1. The van der Waals surface area contributed by atoms with E-state index in [0.717, 1.165) is 5.56 Å². The number of halogens is 1. The molecule has 3 nitrogen and oxygen atoms in total. The molecule has 15 heavy (non-hydrogen) atoms. The van der Waals surface area contributed by atoms with Gasteiger partial charge in [-0.25, -0.2) is 4.39 Å². The highest BCUT2D eigenvalue weighted by atomic mass is 19.1. The van der Waals surface area contributed by atoms with Crippen LogP contribution in [-0.4, -0.2) is 5.16 Å². The summed E-state index contributed by atoms with van der Waals surface area (Å²) in [4.78, 5) is 0. The first kappa shape index (κ1) is 9.86. The summed E-state index contributed by atoms with van der Waals surface area (Å²) in [5.74, 6) is 0.316. The first-order chi connectivity index (χ1) is 7.24. The van der Waals surface area contributed by atoms with Crippen molar-refractivity contribution in [2.24, 2.45) is 5.73 Å². The number of nitrogens with zero attached hydrogens (tertiary/aromatic N) is 1. The van der Waals surface area contributed by atoms with Crippen LogP contribution in [0.1, 0.15) is 11.3 Å². The Bertz CT molecular complexity index is 479. The van der Waals surface area contributed by atoms with E-state index in [9.17, 15) is 4.39 Å². The molecule has 2 rings (SSSR count). The summed E-state index contributed by atoms with van der Waals surface area (Å²) >= 11 is 0. The van der Waals surface area contributed by atoms with E-state index in [1.165, 1.54) is 6.07 Å². The zero-order valence-electron chi connectivity index (χ0n) is 8.33. The molecule has 0 fully saturated rings. The van der Waals surface area contributed by atoms with E-state index in [0.29, 0.717) is 23.6 Å². The van der Waals surface area contributed by atoms with Crippen molar-refractivity contribution >= 4 is 0 Å². The normalized spacial score (nSPS) is 10.6. The summed E-state index contributed by atoms with van der Waals surface area (Å²) in [5, 5.41) is 3.82. The van der Waals surface area contributed by atoms with Crippen LogP contribution in [0.15, 0.2) is 28.8 Å². The molecular formula is C11H11FN2O. The van der Waals surface area contributed by atoms with Crippen molar-refractivity contribution in [3.8, 4) is 11.3 Å². The summed E-state index contributed by atoms with van der Waals surface area (Å²) in [6.07, 6.45) is 0. The van der Waals surface area contributed by atoms with Crippen molar-refractivity contribution in [3.63, 3.8) is 0 Å². The molecule has 1 aromatic carbocycles. The second-order valence-corrected chi connectivity index (χ2v) is 3.25. The minimum Gasteiger partial charge on any atom is -0.361 e. The maximum absolute atomic E-state index is 13.5. The molecule has 0 spiro atoms. The molecule has 1 aromatic heterocycles. The van der Waals surface area contributed by atoms with Gasteiger partial charge in [-0.3, -0.25) is 0 Å². The highest BCUT2D eigenvalue weighted by molar-refractivity contribution is 5.63. The molecule has 78 valence electrons. The third-order valence-electron chi connectivity index (χ3n) is 2.32. The summed E-state index contributed by atoms with van der Waals surface area (Å²) in [5.41, 5.74) is 7.23. The lowest BCUT2D eigenvalue weighted by Crippen LogP contribution is -1.99. The average Bonchev–Trinajstić information content (AvgIpc) is 2.60. The number of aromatic nitrogens is 1. The maximum atomic E-state index is 13.5. The molecule has 0 atom stereocenters. The lowest BCUT2D eigenvalue weighted by Gasteiger charge is -2.00. The van der Waals surface area contributed by atoms with E-state index in [1.807, 2.05) is 0 Å². The van der Waals surface area contributed by atoms with Gasteiger partial charge in [-0.1, -0.05) is 17.3 Å². The first-order valence-electron chi connectivity index (χ1n) is 4.64. The van der Waals surface area contributed by atoms with Crippen molar-refractivity contribution in [3.05, 3.63) is 41.4 Å². The van der Waals surface area contributed by atoms with Gasteiger partial charge in [-0.2, -0.15) is 0 Å². The Labute approximate surface area is 86.7 Å². The summed E-state index contributed by atoms with van der Waals surface area (Å²) < 4.78 is 18.5. The number of rotatable bonds is 2. The Balaban J connectivity index is 2.59. The number of benzene rings is 1. The van der Waals surface area contributed by atoms with Gasteiger partial charge >= 0.3 is 0 Å². The van der Waals surface area contributed by atoms with Gasteiger partial charge in [0, 0.05) is 17.7 Å². The maximum Gasteiger partial charge on any atom is 0.138 e. The quantitative estimate of drug-likeness (QED) is 0.819. The van der Waals surface area contributed by atoms with Gasteiger partial charge in [0.05, 0.1) is 0 Å². The van der Waals surface area contributed by atoms with Crippen LogP contribution in [0.25, 0.3) is 11.3 Å². The number of hydrogen-bond donors (Lipinski definition) is 1. The lowest BCUT2D eigenvalue weighted by molar-refractivity contribution is 0.398. The van der Waals surface area contributed by atoms with E-state index in [1.54, 1.807) is 25.1 Å². The second-order valence-electron chi connectivity index (χ2n) is 3.25. The van der Waals surface area contributed by atoms with Crippen LogP contribution in [0.2, 0.25) is 0 Å². The summed E-state index contributed by atoms with van der Waals surface area (Å²) in [6, 6.07) is 6.43. The third-order valence-corrected chi connectivity index (χ3v) is 2.32. The Hall–Kier alpha value is -1.68. The molecular weight excluding hydrogens is 195 g/mol. The van der Waals surface area contributed by atoms with Crippen molar-refractivity contribution in [1.82, 2.24) is 5.16 Å². The van der Waals surface area contributed by atoms with E-state index in [4.69, 9.17) is 10.3 Å². The monoisotopic (exact) mass is 206 g/mol. The third kappa shape index (κ3) is 1.64. The van der Waals surface area contributed by atoms with Crippen molar-refractivity contribution in [2.75, 3.05) is 0 Å². The molecule has 0 saturated carbocycles. The minimum absolute atomic E-state index is 0.291. The molecule has 0 aliphatic carbocycles. The van der Waals surface area contributed by atoms with Crippen LogP contribution in [-0.2, 0) is 6.54 Å². The van der Waals surface area contributed by atoms with Crippen molar-refractivity contribution < 1.29 is 8.91 Å². The van der Waals surface area contributed by atoms with E-state index < -0.39 is 0 Å². The highest BCUT2D eigenvalue weighted by Gasteiger charge is 2.15. The predicted octanol–water partition coefficient (Wildman–Crippen LogP) is 2.25. The second kappa shape index (κ2) is 3.82. The standard InChI is InChI=1S/C11H11FN2O/c1-7-9(6-13)11(14-15-7)8-4-2-3-5-10(8)12/h2-5H,6,13H2,1H3.